The zero-order valence-electron chi connectivity index (χ0n) is 13.8. The van der Waals surface area contributed by atoms with Gasteiger partial charge in [-0.05, 0) is 39.3 Å². The SMILES string of the molecule is Cc1[nH]c2c(C)cccc2c(=O)c1C[NH+]1CC(C)OC(C)C1. The Balaban J connectivity index is 1.99. The minimum Gasteiger partial charge on any atom is -0.364 e. The van der Waals surface area contributed by atoms with Crippen LogP contribution in [0.5, 0.6) is 0 Å². The molecule has 1 aliphatic heterocycles. The van der Waals surface area contributed by atoms with Crippen LogP contribution < -0.4 is 10.3 Å². The van der Waals surface area contributed by atoms with Gasteiger partial charge in [0.05, 0.1) is 11.1 Å². The predicted octanol–water partition coefficient (Wildman–Crippen LogP) is 1.34. The molecule has 0 bridgehead atoms. The molecule has 1 aromatic heterocycles. The van der Waals surface area contributed by atoms with Gasteiger partial charge < -0.3 is 14.6 Å². The van der Waals surface area contributed by atoms with E-state index in [2.05, 4.69) is 18.8 Å². The summed E-state index contributed by atoms with van der Waals surface area (Å²) < 4.78 is 5.79. The number of hydrogen-bond donors (Lipinski definition) is 2. The maximum atomic E-state index is 12.9. The highest BCUT2D eigenvalue weighted by molar-refractivity contribution is 5.82. The summed E-state index contributed by atoms with van der Waals surface area (Å²) in [5.41, 5.74) is 4.16. The van der Waals surface area contributed by atoms with Crippen LogP contribution in [0.25, 0.3) is 10.9 Å². The molecule has 0 radical (unpaired) electrons. The molecular formula is C18H25N2O2+. The number of nitrogens with one attached hydrogen (secondary N) is 2. The molecule has 0 aliphatic carbocycles. The maximum absolute atomic E-state index is 12.9. The van der Waals surface area contributed by atoms with Crippen LogP contribution in [0.2, 0.25) is 0 Å². The van der Waals surface area contributed by atoms with Crippen molar-refractivity contribution in [2.45, 2.75) is 46.4 Å². The first-order chi connectivity index (χ1) is 10.5. The lowest BCUT2D eigenvalue weighted by Gasteiger charge is -2.32. The molecule has 118 valence electrons. The summed E-state index contributed by atoms with van der Waals surface area (Å²) in [6.07, 6.45) is 0.502. The molecule has 1 aromatic carbocycles. The first-order valence-corrected chi connectivity index (χ1v) is 8.05. The van der Waals surface area contributed by atoms with Gasteiger partial charge in [-0.15, -0.1) is 0 Å². The number of rotatable bonds is 2. The van der Waals surface area contributed by atoms with Gasteiger partial charge in [-0.3, -0.25) is 4.79 Å². The zero-order valence-corrected chi connectivity index (χ0v) is 13.8. The maximum Gasteiger partial charge on any atom is 0.198 e. The van der Waals surface area contributed by atoms with Crippen LogP contribution in [-0.2, 0) is 11.3 Å². The number of fused-ring (bicyclic) bond motifs is 1. The van der Waals surface area contributed by atoms with E-state index in [1.807, 2.05) is 32.0 Å². The summed E-state index contributed by atoms with van der Waals surface area (Å²) in [6.45, 7) is 10.9. The van der Waals surface area contributed by atoms with Gasteiger partial charge in [0, 0.05) is 11.1 Å². The van der Waals surface area contributed by atoms with Crippen LogP contribution in [0.15, 0.2) is 23.0 Å². The third-order valence-electron chi connectivity index (χ3n) is 4.60. The summed E-state index contributed by atoms with van der Waals surface area (Å²) in [4.78, 5) is 17.7. The number of H-pyrrole nitrogens is 1. The Labute approximate surface area is 131 Å². The molecule has 0 amide bonds. The molecule has 1 fully saturated rings. The summed E-state index contributed by atoms with van der Waals surface area (Å²) in [5, 5.41) is 0.800. The van der Waals surface area contributed by atoms with Crippen molar-refractivity contribution in [3.8, 4) is 0 Å². The van der Waals surface area contributed by atoms with Crippen LogP contribution in [0.4, 0.5) is 0 Å². The number of ether oxygens (including phenoxy) is 1. The quantitative estimate of drug-likeness (QED) is 0.879. The third-order valence-corrected chi connectivity index (χ3v) is 4.60. The molecule has 4 nitrogen and oxygen atoms in total. The lowest BCUT2D eigenvalue weighted by atomic mass is 10.0. The van der Waals surface area contributed by atoms with Gasteiger partial charge in [-0.25, -0.2) is 0 Å². The second-order valence-electron chi connectivity index (χ2n) is 6.65. The number of morpholine rings is 1. The van der Waals surface area contributed by atoms with Gasteiger partial charge in [0.1, 0.15) is 31.8 Å². The van der Waals surface area contributed by atoms with E-state index in [0.29, 0.717) is 0 Å². The van der Waals surface area contributed by atoms with Gasteiger partial charge in [0.2, 0.25) is 0 Å². The van der Waals surface area contributed by atoms with E-state index in [-0.39, 0.29) is 17.6 Å². The molecule has 22 heavy (non-hydrogen) atoms. The number of hydrogen-bond acceptors (Lipinski definition) is 2. The minimum absolute atomic E-state index is 0.175. The molecule has 2 aromatic rings. The Morgan fingerprint density at radius 3 is 2.59 bits per heavy atom. The highest BCUT2D eigenvalue weighted by Crippen LogP contribution is 2.15. The van der Waals surface area contributed by atoms with Crippen LogP contribution in [-0.4, -0.2) is 30.3 Å². The summed E-state index contributed by atoms with van der Waals surface area (Å²) in [6, 6.07) is 5.91. The van der Waals surface area contributed by atoms with E-state index in [0.717, 1.165) is 47.4 Å². The third kappa shape index (κ3) is 2.81. The Morgan fingerprint density at radius 1 is 1.23 bits per heavy atom. The average Bonchev–Trinajstić information content (AvgIpc) is 2.44. The van der Waals surface area contributed by atoms with E-state index in [1.165, 1.54) is 4.90 Å². The summed E-state index contributed by atoms with van der Waals surface area (Å²) >= 11 is 0. The molecule has 1 aliphatic rings. The van der Waals surface area contributed by atoms with Gasteiger partial charge in [-0.2, -0.15) is 0 Å². The standard InChI is InChI=1S/C18H24N2O2/c1-11-6-5-7-15-17(11)19-14(4)16(18(15)21)10-20-8-12(2)22-13(3)9-20/h5-7,12-13H,8-10H2,1-4H3,(H,19,21)/p+1. The van der Waals surface area contributed by atoms with E-state index in [1.54, 1.807) is 0 Å². The van der Waals surface area contributed by atoms with E-state index in [4.69, 9.17) is 4.74 Å². The molecule has 3 rings (SSSR count). The second-order valence-corrected chi connectivity index (χ2v) is 6.65. The number of aromatic amines is 1. The van der Waals surface area contributed by atoms with Crippen molar-refractivity contribution in [2.75, 3.05) is 13.1 Å². The number of para-hydroxylation sites is 1. The van der Waals surface area contributed by atoms with Crippen molar-refractivity contribution in [1.29, 1.82) is 0 Å². The van der Waals surface area contributed by atoms with E-state index >= 15 is 0 Å². The fourth-order valence-corrected chi connectivity index (χ4v) is 3.62. The molecule has 4 heteroatoms. The molecule has 2 unspecified atom stereocenters. The Kier molecular flexibility index (Phi) is 4.06. The number of aryl methyl sites for hydroxylation is 2. The van der Waals surface area contributed by atoms with Crippen molar-refractivity contribution in [1.82, 2.24) is 4.98 Å². The van der Waals surface area contributed by atoms with Gasteiger partial charge in [0.15, 0.2) is 5.43 Å². The molecule has 0 saturated carbocycles. The Hall–Kier alpha value is -1.65. The van der Waals surface area contributed by atoms with Crippen molar-refractivity contribution >= 4 is 10.9 Å². The highest BCUT2D eigenvalue weighted by Gasteiger charge is 2.27. The largest absolute Gasteiger partial charge is 0.364 e. The molecule has 2 N–H and O–H groups in total. The molecule has 2 heterocycles. The van der Waals surface area contributed by atoms with Crippen LogP contribution >= 0.6 is 0 Å². The molecule has 0 spiro atoms. The highest BCUT2D eigenvalue weighted by atomic mass is 16.5. The summed E-state index contributed by atoms with van der Waals surface area (Å²) in [7, 11) is 0. The topological polar surface area (TPSA) is 46.5 Å². The fourth-order valence-electron chi connectivity index (χ4n) is 3.62. The van der Waals surface area contributed by atoms with Crippen LogP contribution in [0.3, 0.4) is 0 Å². The second kappa shape index (κ2) is 5.86. The van der Waals surface area contributed by atoms with Gasteiger partial charge in [-0.1, -0.05) is 12.1 Å². The Bertz CT molecular complexity index is 741. The van der Waals surface area contributed by atoms with Crippen molar-refractivity contribution in [3.05, 3.63) is 45.2 Å². The monoisotopic (exact) mass is 301 g/mol. The molecular weight excluding hydrogens is 276 g/mol. The number of aromatic nitrogens is 1. The van der Waals surface area contributed by atoms with Crippen molar-refractivity contribution < 1.29 is 9.64 Å². The number of quaternary nitrogens is 1. The van der Waals surface area contributed by atoms with Crippen molar-refractivity contribution in [3.63, 3.8) is 0 Å². The minimum atomic E-state index is 0.175. The smallest absolute Gasteiger partial charge is 0.198 e. The number of benzene rings is 1. The first kappa shape index (κ1) is 15.3. The first-order valence-electron chi connectivity index (χ1n) is 8.05. The number of pyridine rings is 1. The molecule has 2 atom stereocenters. The van der Waals surface area contributed by atoms with Gasteiger partial charge >= 0.3 is 0 Å². The molecule has 1 saturated heterocycles. The van der Waals surface area contributed by atoms with E-state index < -0.39 is 0 Å². The zero-order chi connectivity index (χ0) is 15.9. The lowest BCUT2D eigenvalue weighted by Crippen LogP contribution is -3.14. The average molecular weight is 301 g/mol. The normalized spacial score (nSPS) is 25.5. The fraction of sp³-hybridized carbons (Fsp3) is 0.500. The van der Waals surface area contributed by atoms with Gasteiger partial charge in [0.25, 0.3) is 0 Å². The lowest BCUT2D eigenvalue weighted by molar-refractivity contribution is -0.928. The Morgan fingerprint density at radius 2 is 1.91 bits per heavy atom. The van der Waals surface area contributed by atoms with Crippen LogP contribution in [0.1, 0.15) is 30.7 Å². The van der Waals surface area contributed by atoms with Crippen molar-refractivity contribution in [2.24, 2.45) is 0 Å². The van der Waals surface area contributed by atoms with Crippen LogP contribution in [0, 0.1) is 13.8 Å². The predicted molar refractivity (Wildman–Crippen MR) is 88.5 cm³/mol. The van der Waals surface area contributed by atoms with E-state index in [9.17, 15) is 4.79 Å². The summed E-state index contributed by atoms with van der Waals surface area (Å²) in [5.74, 6) is 0.